The van der Waals surface area contributed by atoms with Crippen LogP contribution in [-0.4, -0.2) is 37.2 Å². The number of nitrogens with one attached hydrogen (secondary N) is 1. The maximum atomic E-state index is 13.3. The summed E-state index contributed by atoms with van der Waals surface area (Å²) in [5, 5.41) is 8.56. The smallest absolute Gasteiger partial charge is 0.271 e. The van der Waals surface area contributed by atoms with Crippen molar-refractivity contribution in [3.8, 4) is 10.6 Å². The summed E-state index contributed by atoms with van der Waals surface area (Å²) in [6.45, 7) is 1.44. The first-order valence-electron chi connectivity index (χ1n) is 11.2. The molecule has 186 valence electrons. The Kier molecular flexibility index (Phi) is 6.86. The van der Waals surface area contributed by atoms with Crippen molar-refractivity contribution in [3.63, 3.8) is 0 Å². The summed E-state index contributed by atoms with van der Waals surface area (Å²) in [6, 6.07) is 16.7. The molecule has 0 saturated carbocycles. The molecule has 11 heteroatoms. The van der Waals surface area contributed by atoms with E-state index in [-0.39, 0.29) is 10.0 Å². The Balaban J connectivity index is 1.17. The van der Waals surface area contributed by atoms with Crippen molar-refractivity contribution in [1.82, 2.24) is 15.2 Å². The quantitative estimate of drug-likeness (QED) is 0.255. The molecule has 0 bridgehead atoms. The Morgan fingerprint density at radius 1 is 1.08 bits per heavy atom. The van der Waals surface area contributed by atoms with Crippen molar-refractivity contribution in [1.29, 1.82) is 0 Å². The molecular weight excluding hydrogens is 503 g/mol. The van der Waals surface area contributed by atoms with Crippen LogP contribution in [0.25, 0.3) is 21.6 Å². The molecule has 0 saturated heterocycles. The highest BCUT2D eigenvalue weighted by Gasteiger charge is 2.19. The minimum atomic E-state index is -3.74. The van der Waals surface area contributed by atoms with Gasteiger partial charge in [0.2, 0.25) is 0 Å². The Labute approximate surface area is 211 Å². The van der Waals surface area contributed by atoms with Crippen LogP contribution in [0.4, 0.5) is 10.1 Å². The third-order valence-corrected chi connectivity index (χ3v) is 8.59. The Bertz CT molecular complexity index is 1580. The molecular formula is C25H23FN4O4S2. The summed E-state index contributed by atoms with van der Waals surface area (Å²) in [6.07, 6.45) is 3.07. The summed E-state index contributed by atoms with van der Waals surface area (Å²) in [4.78, 5) is 2.84. The van der Waals surface area contributed by atoms with Crippen LogP contribution in [0, 0.1) is 5.82 Å². The number of hydrogen-bond donors (Lipinski definition) is 1. The third-order valence-electron chi connectivity index (χ3n) is 5.62. The number of aryl methyl sites for hydroxylation is 1. The van der Waals surface area contributed by atoms with Gasteiger partial charge in [0, 0.05) is 29.8 Å². The average Bonchev–Trinajstić information content (AvgIpc) is 3.60. The van der Waals surface area contributed by atoms with Crippen LogP contribution in [0.5, 0.6) is 0 Å². The molecule has 0 atom stereocenters. The summed E-state index contributed by atoms with van der Waals surface area (Å²) in [7, 11) is -1.73. The molecule has 0 fully saturated rings. The SMILES string of the molecule is CN(CCCc1noc2cc(F)ccc12)Cc1cccc(NS(=O)(=O)c2ccc(-c3ccno3)s2)c1. The first-order chi connectivity index (χ1) is 17.4. The largest absolute Gasteiger partial charge is 0.356 e. The molecule has 2 aromatic carbocycles. The van der Waals surface area contributed by atoms with Crippen molar-refractivity contribution in [2.45, 2.75) is 23.6 Å². The minimum absolute atomic E-state index is 0.194. The minimum Gasteiger partial charge on any atom is -0.356 e. The van der Waals surface area contributed by atoms with E-state index in [1.165, 1.54) is 18.3 Å². The average molecular weight is 527 g/mol. The van der Waals surface area contributed by atoms with E-state index in [1.807, 2.05) is 25.2 Å². The zero-order valence-electron chi connectivity index (χ0n) is 19.3. The molecule has 0 aliphatic carbocycles. The predicted octanol–water partition coefficient (Wildman–Crippen LogP) is 5.55. The van der Waals surface area contributed by atoms with E-state index in [9.17, 15) is 12.8 Å². The predicted molar refractivity (Wildman–Crippen MR) is 136 cm³/mol. The van der Waals surface area contributed by atoms with Crippen molar-refractivity contribution in [2.75, 3.05) is 18.3 Å². The van der Waals surface area contributed by atoms with E-state index in [1.54, 1.807) is 30.3 Å². The molecule has 0 amide bonds. The Hall–Kier alpha value is -3.54. The van der Waals surface area contributed by atoms with Crippen molar-refractivity contribution < 1.29 is 21.9 Å². The highest BCUT2D eigenvalue weighted by molar-refractivity contribution is 7.94. The summed E-state index contributed by atoms with van der Waals surface area (Å²) < 4.78 is 52.3. The molecule has 0 aliphatic heterocycles. The highest BCUT2D eigenvalue weighted by Crippen LogP contribution is 2.31. The zero-order valence-corrected chi connectivity index (χ0v) is 21.0. The van der Waals surface area contributed by atoms with Crippen LogP contribution in [0.2, 0.25) is 0 Å². The molecule has 1 N–H and O–H groups in total. The van der Waals surface area contributed by atoms with Crippen LogP contribution in [0.1, 0.15) is 17.7 Å². The normalized spacial score (nSPS) is 12.0. The Morgan fingerprint density at radius 3 is 2.81 bits per heavy atom. The monoisotopic (exact) mass is 526 g/mol. The van der Waals surface area contributed by atoms with Gasteiger partial charge in [-0.15, -0.1) is 11.3 Å². The van der Waals surface area contributed by atoms with Gasteiger partial charge in [-0.2, -0.15) is 0 Å². The number of sulfonamides is 1. The van der Waals surface area contributed by atoms with E-state index < -0.39 is 10.0 Å². The molecule has 5 aromatic rings. The molecule has 0 aliphatic rings. The standard InChI is InChI=1S/C25H23FN4O4S2/c1-30(13-3-6-21-20-8-7-18(26)15-23(20)34-28-21)16-17-4-2-5-19(14-17)29-36(31,32)25-10-9-24(35-25)22-11-12-27-33-22/h2,4-5,7-12,14-15,29H,3,6,13,16H2,1H3. The number of aromatic nitrogens is 2. The van der Waals surface area contributed by atoms with Crippen LogP contribution in [0.15, 0.2) is 80.1 Å². The number of rotatable bonds is 10. The lowest BCUT2D eigenvalue weighted by Gasteiger charge is -2.17. The summed E-state index contributed by atoms with van der Waals surface area (Å²) in [5.74, 6) is 0.179. The van der Waals surface area contributed by atoms with E-state index in [0.717, 1.165) is 40.9 Å². The summed E-state index contributed by atoms with van der Waals surface area (Å²) in [5.41, 5.74) is 2.75. The molecule has 8 nitrogen and oxygen atoms in total. The van der Waals surface area contributed by atoms with Gasteiger partial charge in [-0.25, -0.2) is 12.8 Å². The summed E-state index contributed by atoms with van der Waals surface area (Å²) >= 11 is 1.12. The topological polar surface area (TPSA) is 101 Å². The second-order valence-corrected chi connectivity index (χ2v) is 11.4. The molecule has 0 radical (unpaired) electrons. The van der Waals surface area contributed by atoms with Crippen LogP contribution >= 0.6 is 11.3 Å². The fourth-order valence-corrected chi connectivity index (χ4v) is 6.24. The second kappa shape index (κ2) is 10.2. The van der Waals surface area contributed by atoms with E-state index in [0.29, 0.717) is 34.9 Å². The maximum absolute atomic E-state index is 13.3. The van der Waals surface area contributed by atoms with Gasteiger partial charge in [0.15, 0.2) is 11.3 Å². The number of anilines is 1. The molecule has 3 aromatic heterocycles. The fourth-order valence-electron chi connectivity index (χ4n) is 3.93. The zero-order chi connectivity index (χ0) is 25.1. The number of benzene rings is 2. The van der Waals surface area contributed by atoms with Crippen LogP contribution < -0.4 is 4.72 Å². The number of hydrogen-bond acceptors (Lipinski definition) is 8. The van der Waals surface area contributed by atoms with Gasteiger partial charge in [0.05, 0.1) is 16.8 Å². The number of fused-ring (bicyclic) bond motifs is 1. The number of nitrogens with zero attached hydrogens (tertiary/aromatic N) is 3. The molecule has 5 rings (SSSR count). The third kappa shape index (κ3) is 5.48. The van der Waals surface area contributed by atoms with Gasteiger partial charge in [-0.05, 0) is 68.4 Å². The van der Waals surface area contributed by atoms with Gasteiger partial charge in [0.1, 0.15) is 10.0 Å². The van der Waals surface area contributed by atoms with E-state index >= 15 is 0 Å². The van der Waals surface area contributed by atoms with Gasteiger partial charge < -0.3 is 13.9 Å². The van der Waals surface area contributed by atoms with Gasteiger partial charge in [-0.1, -0.05) is 22.4 Å². The van der Waals surface area contributed by atoms with E-state index in [2.05, 4.69) is 19.9 Å². The Morgan fingerprint density at radius 2 is 1.97 bits per heavy atom. The first kappa shape index (κ1) is 24.2. The van der Waals surface area contributed by atoms with Gasteiger partial charge >= 0.3 is 0 Å². The maximum Gasteiger partial charge on any atom is 0.271 e. The van der Waals surface area contributed by atoms with Crippen LogP contribution in [0.3, 0.4) is 0 Å². The molecule has 0 spiro atoms. The molecule has 3 heterocycles. The van der Waals surface area contributed by atoms with E-state index in [4.69, 9.17) is 9.05 Å². The molecule has 36 heavy (non-hydrogen) atoms. The second-order valence-electron chi connectivity index (χ2n) is 8.41. The molecule has 0 unspecified atom stereocenters. The highest BCUT2D eigenvalue weighted by atomic mass is 32.2. The van der Waals surface area contributed by atoms with Crippen LogP contribution in [-0.2, 0) is 23.0 Å². The fraction of sp³-hybridized carbons (Fsp3) is 0.200. The van der Waals surface area contributed by atoms with Gasteiger partial charge in [0.25, 0.3) is 10.0 Å². The number of halogens is 1. The lowest BCUT2D eigenvalue weighted by molar-refractivity contribution is 0.320. The van der Waals surface area contributed by atoms with Gasteiger partial charge in [-0.3, -0.25) is 4.72 Å². The van der Waals surface area contributed by atoms with Crippen molar-refractivity contribution in [3.05, 3.63) is 83.9 Å². The lowest BCUT2D eigenvalue weighted by Crippen LogP contribution is -2.20. The van der Waals surface area contributed by atoms with Crippen molar-refractivity contribution in [2.24, 2.45) is 0 Å². The first-order valence-corrected chi connectivity index (χ1v) is 13.5. The number of thiophene rings is 1. The lowest BCUT2D eigenvalue weighted by atomic mass is 10.1. The van der Waals surface area contributed by atoms with Crippen molar-refractivity contribution >= 4 is 38.0 Å².